The highest BCUT2D eigenvalue weighted by atomic mass is 16.6. The summed E-state index contributed by atoms with van der Waals surface area (Å²) in [5.41, 5.74) is -0.0271. The summed E-state index contributed by atoms with van der Waals surface area (Å²) in [5.74, 6) is -0.649. The molecule has 2 rings (SSSR count). The van der Waals surface area contributed by atoms with Gasteiger partial charge in [-0.15, -0.1) is 0 Å². The zero-order valence-electron chi connectivity index (χ0n) is 16.0. The summed E-state index contributed by atoms with van der Waals surface area (Å²) < 4.78 is 8.05. The van der Waals surface area contributed by atoms with E-state index < -0.39 is 17.1 Å². The van der Waals surface area contributed by atoms with Gasteiger partial charge in [0, 0.05) is 12.2 Å². The van der Waals surface area contributed by atoms with Crippen LogP contribution in [0.5, 0.6) is 0 Å². The Morgan fingerprint density at radius 3 is 2.28 bits per heavy atom. The minimum Gasteiger partial charge on any atom is -0.455 e. The van der Waals surface area contributed by atoms with E-state index in [0.717, 1.165) is 4.68 Å². The van der Waals surface area contributed by atoms with Gasteiger partial charge < -0.3 is 4.74 Å². The number of carbonyl (C=O) groups is 1. The molecule has 0 aliphatic carbocycles. The van der Waals surface area contributed by atoms with Crippen LogP contribution in [0.2, 0.25) is 0 Å². The van der Waals surface area contributed by atoms with Crippen molar-refractivity contribution in [3.05, 3.63) is 28.8 Å². The lowest BCUT2D eigenvalue weighted by Gasteiger charge is -2.20. The average molecular weight is 346 g/mol. The van der Waals surface area contributed by atoms with E-state index in [1.165, 1.54) is 0 Å². The molecule has 0 aliphatic heterocycles. The molecule has 0 radical (unpaired) electrons. The maximum absolute atomic E-state index is 12.8. The average Bonchev–Trinajstić information content (AvgIpc) is 2.90. The molecule has 0 aromatic carbocycles. The van der Waals surface area contributed by atoms with Crippen LogP contribution in [0.4, 0.5) is 0 Å². The Hall–Kier alpha value is -2.44. The summed E-state index contributed by atoms with van der Waals surface area (Å²) in [4.78, 5) is 25.1. The van der Waals surface area contributed by atoms with Gasteiger partial charge in [0.1, 0.15) is 16.8 Å². The van der Waals surface area contributed by atoms with Crippen LogP contribution in [0, 0.1) is 0 Å². The smallest absolute Gasteiger partial charge is 0.357 e. The number of ether oxygens (including phenoxy) is 1. The molecule has 0 spiro atoms. The number of aromatic nitrogens is 4. The van der Waals surface area contributed by atoms with E-state index in [1.807, 2.05) is 27.7 Å². The lowest BCUT2D eigenvalue weighted by Crippen LogP contribution is -2.31. The summed E-state index contributed by atoms with van der Waals surface area (Å²) in [6.07, 6.45) is 1.69. The topological polar surface area (TPSA) is 79.0 Å². The van der Waals surface area contributed by atoms with E-state index in [-0.39, 0.29) is 17.7 Å². The van der Waals surface area contributed by atoms with Crippen LogP contribution >= 0.6 is 0 Å². The van der Waals surface area contributed by atoms with Crippen LogP contribution in [0.1, 0.15) is 66.1 Å². The Labute approximate surface area is 147 Å². The van der Waals surface area contributed by atoms with Crippen molar-refractivity contribution in [2.24, 2.45) is 0 Å². The molecule has 0 aliphatic rings. The highest BCUT2D eigenvalue weighted by molar-refractivity contribution is 6.09. The molecule has 2 aromatic rings. The van der Waals surface area contributed by atoms with Gasteiger partial charge in [-0.1, -0.05) is 20.4 Å². The van der Waals surface area contributed by atoms with Gasteiger partial charge in [-0.05, 0) is 40.5 Å². The Bertz CT molecular complexity index is 882. The third-order valence-electron chi connectivity index (χ3n) is 3.57. The molecule has 0 fully saturated rings. The summed E-state index contributed by atoms with van der Waals surface area (Å²) in [5, 5.41) is 9.26. The van der Waals surface area contributed by atoms with Gasteiger partial charge in [0.2, 0.25) is 0 Å². The van der Waals surface area contributed by atoms with Crippen LogP contribution in [-0.2, 0) is 9.53 Å². The lowest BCUT2D eigenvalue weighted by atomic mass is 10.1. The third kappa shape index (κ3) is 3.81. The maximum atomic E-state index is 12.8. The number of hydrogen-bond acceptors (Lipinski definition) is 5. The summed E-state index contributed by atoms with van der Waals surface area (Å²) in [6.45, 7) is 16.9. The number of rotatable bonds is 4. The van der Waals surface area contributed by atoms with Crippen molar-refractivity contribution in [2.45, 2.75) is 66.0 Å². The fraction of sp³-hybridized carbons (Fsp3) is 0.556. The molecule has 25 heavy (non-hydrogen) atoms. The van der Waals surface area contributed by atoms with Crippen molar-refractivity contribution >= 4 is 22.6 Å². The second-order valence-electron chi connectivity index (χ2n) is 7.67. The monoisotopic (exact) mass is 346 g/mol. The third-order valence-corrected chi connectivity index (χ3v) is 3.57. The van der Waals surface area contributed by atoms with Gasteiger partial charge >= 0.3 is 5.97 Å². The predicted molar refractivity (Wildman–Crippen MR) is 97.4 cm³/mol. The quantitative estimate of drug-likeness (QED) is 0.628. The summed E-state index contributed by atoms with van der Waals surface area (Å²) in [7, 11) is 0. The van der Waals surface area contributed by atoms with E-state index in [4.69, 9.17) is 4.74 Å². The predicted octanol–water partition coefficient (Wildman–Crippen LogP) is 3.11. The van der Waals surface area contributed by atoms with Crippen LogP contribution in [0.15, 0.2) is 17.6 Å². The largest absolute Gasteiger partial charge is 0.455 e. The molecule has 0 unspecified atom stereocenters. The van der Waals surface area contributed by atoms with Gasteiger partial charge in [-0.2, -0.15) is 14.9 Å². The minimum atomic E-state index is -0.683. The number of nitrogens with zero attached hydrogens (tertiary/aromatic N) is 4. The molecule has 7 heteroatoms. The molecule has 0 atom stereocenters. The van der Waals surface area contributed by atoms with Gasteiger partial charge in [-0.25, -0.2) is 4.79 Å². The van der Waals surface area contributed by atoms with Crippen molar-refractivity contribution in [1.29, 1.82) is 0 Å². The molecule has 0 amide bonds. The molecule has 136 valence electrons. The Balaban J connectivity index is 2.65. The number of hydrogen-bond donors (Lipinski definition) is 0. The molecule has 7 nitrogen and oxygen atoms in total. The van der Waals surface area contributed by atoms with E-state index in [2.05, 4.69) is 16.8 Å². The van der Waals surface area contributed by atoms with Crippen molar-refractivity contribution in [1.82, 2.24) is 19.6 Å². The van der Waals surface area contributed by atoms with Gasteiger partial charge in [0.15, 0.2) is 0 Å². The van der Waals surface area contributed by atoms with Crippen LogP contribution in [-0.4, -0.2) is 31.1 Å². The molecule has 0 saturated carbocycles. The molecular formula is C18H26N4O3. The normalized spacial score (nSPS) is 12.2. The molecule has 0 saturated heterocycles. The van der Waals surface area contributed by atoms with Crippen LogP contribution in [0.25, 0.3) is 16.6 Å². The standard InChI is InChI=1S/C18H26N4O3/c1-10(2)14-15-13(9-21(19-15)11(3)4)16(23)22(20-14)12(5)17(24)25-18(6,7)8/h9-11H,5H2,1-4,6-8H3. The molecule has 0 bridgehead atoms. The van der Waals surface area contributed by atoms with Crippen molar-refractivity contribution < 1.29 is 9.53 Å². The second-order valence-corrected chi connectivity index (χ2v) is 7.67. The minimum absolute atomic E-state index is 0.0244. The van der Waals surface area contributed by atoms with Crippen molar-refractivity contribution in [3.63, 3.8) is 0 Å². The van der Waals surface area contributed by atoms with E-state index >= 15 is 0 Å². The van der Waals surface area contributed by atoms with E-state index in [9.17, 15) is 9.59 Å². The van der Waals surface area contributed by atoms with Crippen molar-refractivity contribution in [2.75, 3.05) is 0 Å². The van der Waals surface area contributed by atoms with Crippen LogP contribution < -0.4 is 5.56 Å². The highest BCUT2D eigenvalue weighted by Crippen LogP contribution is 2.22. The first-order chi connectivity index (χ1) is 11.4. The molecule has 2 heterocycles. The molecule has 2 aromatic heterocycles. The number of fused-ring (bicyclic) bond motifs is 1. The Kier molecular flexibility index (Phi) is 4.88. The SMILES string of the molecule is C=C(C(=O)OC(C)(C)C)n1nc(C(C)C)c2nn(C(C)C)cc2c1=O. The zero-order chi connectivity index (χ0) is 19.1. The van der Waals surface area contributed by atoms with Crippen LogP contribution in [0.3, 0.4) is 0 Å². The molecule has 0 N–H and O–H groups in total. The number of carbonyl (C=O) groups excluding carboxylic acids is 1. The Morgan fingerprint density at radius 1 is 1.20 bits per heavy atom. The Morgan fingerprint density at radius 2 is 1.80 bits per heavy atom. The summed E-state index contributed by atoms with van der Waals surface area (Å²) >= 11 is 0. The fourth-order valence-electron chi connectivity index (χ4n) is 2.31. The molecular weight excluding hydrogens is 320 g/mol. The zero-order valence-corrected chi connectivity index (χ0v) is 16.0. The van der Waals surface area contributed by atoms with Gasteiger partial charge in [0.05, 0.1) is 11.1 Å². The second kappa shape index (κ2) is 6.46. The van der Waals surface area contributed by atoms with E-state index in [1.54, 1.807) is 31.6 Å². The first-order valence-corrected chi connectivity index (χ1v) is 8.37. The first-order valence-electron chi connectivity index (χ1n) is 8.37. The lowest BCUT2D eigenvalue weighted by molar-refractivity contribution is -0.147. The van der Waals surface area contributed by atoms with Gasteiger partial charge in [-0.3, -0.25) is 9.48 Å². The first kappa shape index (κ1) is 18.9. The van der Waals surface area contributed by atoms with Crippen molar-refractivity contribution in [3.8, 4) is 0 Å². The maximum Gasteiger partial charge on any atom is 0.357 e. The number of esters is 1. The summed E-state index contributed by atoms with van der Waals surface area (Å²) in [6, 6.07) is 0.106. The van der Waals surface area contributed by atoms with Gasteiger partial charge in [0.25, 0.3) is 5.56 Å². The van der Waals surface area contributed by atoms with E-state index in [0.29, 0.717) is 16.6 Å². The highest BCUT2D eigenvalue weighted by Gasteiger charge is 2.24. The fourth-order valence-corrected chi connectivity index (χ4v) is 2.31.